The Kier molecular flexibility index (Phi) is 4.20. The highest BCUT2D eigenvalue weighted by molar-refractivity contribution is 5.89. The fraction of sp³-hybridized carbons (Fsp3) is 0.0556. The van der Waals surface area contributed by atoms with Crippen LogP contribution in [0.2, 0.25) is 0 Å². The summed E-state index contributed by atoms with van der Waals surface area (Å²) in [6, 6.07) is 21.3. The molecule has 0 unspecified atom stereocenters. The Labute approximate surface area is 129 Å². The van der Waals surface area contributed by atoms with Gasteiger partial charge in [0.2, 0.25) is 0 Å². The summed E-state index contributed by atoms with van der Waals surface area (Å²) < 4.78 is 2.01. The smallest absolute Gasteiger partial charge is 0.319 e. The number of urea groups is 1. The highest BCUT2D eigenvalue weighted by Crippen LogP contribution is 2.13. The summed E-state index contributed by atoms with van der Waals surface area (Å²) in [5, 5.41) is 5.66. The van der Waals surface area contributed by atoms with Crippen LogP contribution in [0, 0.1) is 0 Å². The predicted octanol–water partition coefficient (Wildman–Crippen LogP) is 3.80. The number of rotatable bonds is 4. The van der Waals surface area contributed by atoms with Gasteiger partial charge < -0.3 is 15.2 Å². The minimum atomic E-state index is -0.211. The first-order chi connectivity index (χ1) is 10.8. The van der Waals surface area contributed by atoms with Crippen LogP contribution >= 0.6 is 0 Å². The SMILES string of the molecule is O=C(NCc1ccccc1)Nc1ccc(-n2cccc2)cc1. The van der Waals surface area contributed by atoms with Crippen molar-refractivity contribution in [1.82, 2.24) is 9.88 Å². The van der Waals surface area contributed by atoms with Crippen LogP contribution < -0.4 is 10.6 Å². The molecule has 0 radical (unpaired) electrons. The molecule has 1 aromatic heterocycles. The van der Waals surface area contributed by atoms with Gasteiger partial charge in [0, 0.05) is 30.3 Å². The van der Waals surface area contributed by atoms with Crippen molar-refractivity contribution in [3.8, 4) is 5.69 Å². The summed E-state index contributed by atoms with van der Waals surface area (Å²) in [7, 11) is 0. The second kappa shape index (κ2) is 6.63. The van der Waals surface area contributed by atoms with Gasteiger partial charge >= 0.3 is 6.03 Å². The van der Waals surface area contributed by atoms with Crippen molar-refractivity contribution in [2.75, 3.05) is 5.32 Å². The van der Waals surface area contributed by atoms with Crippen molar-refractivity contribution in [2.24, 2.45) is 0 Å². The minimum absolute atomic E-state index is 0.211. The third-order valence-corrected chi connectivity index (χ3v) is 3.32. The molecule has 3 aromatic rings. The van der Waals surface area contributed by atoms with E-state index < -0.39 is 0 Å². The van der Waals surface area contributed by atoms with Crippen molar-refractivity contribution < 1.29 is 4.79 Å². The summed E-state index contributed by atoms with van der Waals surface area (Å²) >= 11 is 0. The van der Waals surface area contributed by atoms with Crippen LogP contribution in [0.15, 0.2) is 79.1 Å². The molecule has 110 valence electrons. The largest absolute Gasteiger partial charge is 0.334 e. The van der Waals surface area contributed by atoms with E-state index >= 15 is 0 Å². The molecule has 3 rings (SSSR count). The molecule has 22 heavy (non-hydrogen) atoms. The maximum absolute atomic E-state index is 11.9. The Balaban J connectivity index is 1.55. The molecular formula is C18H17N3O. The fourth-order valence-electron chi connectivity index (χ4n) is 2.18. The predicted molar refractivity (Wildman–Crippen MR) is 88.1 cm³/mol. The fourth-order valence-corrected chi connectivity index (χ4v) is 2.18. The molecule has 0 fully saturated rings. The van der Waals surface area contributed by atoms with Crippen molar-refractivity contribution in [1.29, 1.82) is 0 Å². The number of hydrogen-bond acceptors (Lipinski definition) is 1. The number of carbonyl (C=O) groups is 1. The molecule has 0 saturated carbocycles. The Bertz CT molecular complexity index is 719. The number of carbonyl (C=O) groups excluding carboxylic acids is 1. The van der Waals surface area contributed by atoms with Gasteiger partial charge in [-0.25, -0.2) is 4.79 Å². The molecule has 0 aliphatic carbocycles. The number of anilines is 1. The molecule has 1 heterocycles. The molecular weight excluding hydrogens is 274 g/mol. The van der Waals surface area contributed by atoms with Gasteiger partial charge in [0.05, 0.1) is 0 Å². The summed E-state index contributed by atoms with van der Waals surface area (Å²) in [6.45, 7) is 0.508. The van der Waals surface area contributed by atoms with E-state index in [9.17, 15) is 4.79 Å². The van der Waals surface area contributed by atoms with Gasteiger partial charge in [-0.3, -0.25) is 0 Å². The lowest BCUT2D eigenvalue weighted by molar-refractivity contribution is 0.251. The van der Waals surface area contributed by atoms with E-state index in [2.05, 4.69) is 10.6 Å². The molecule has 0 saturated heterocycles. The molecule has 2 amide bonds. The molecule has 4 heteroatoms. The van der Waals surface area contributed by atoms with Gasteiger partial charge in [-0.1, -0.05) is 30.3 Å². The maximum Gasteiger partial charge on any atom is 0.319 e. The Morgan fingerprint density at radius 2 is 1.55 bits per heavy atom. The number of aromatic nitrogens is 1. The van der Waals surface area contributed by atoms with Crippen molar-refractivity contribution in [3.63, 3.8) is 0 Å². The van der Waals surface area contributed by atoms with Crippen LogP contribution in [0.25, 0.3) is 5.69 Å². The van der Waals surface area contributed by atoms with Crippen LogP contribution in [0.3, 0.4) is 0 Å². The van der Waals surface area contributed by atoms with Crippen molar-refractivity contribution in [2.45, 2.75) is 6.54 Å². The molecule has 2 aromatic carbocycles. The topological polar surface area (TPSA) is 46.1 Å². The zero-order valence-corrected chi connectivity index (χ0v) is 12.1. The van der Waals surface area contributed by atoms with E-state index in [1.807, 2.05) is 83.7 Å². The van der Waals surface area contributed by atoms with E-state index in [0.29, 0.717) is 6.54 Å². The van der Waals surface area contributed by atoms with Crippen molar-refractivity contribution >= 4 is 11.7 Å². The molecule has 0 aliphatic heterocycles. The molecule has 0 spiro atoms. The zero-order chi connectivity index (χ0) is 15.2. The first-order valence-corrected chi connectivity index (χ1v) is 7.13. The molecule has 0 bridgehead atoms. The molecule has 2 N–H and O–H groups in total. The van der Waals surface area contributed by atoms with Gasteiger partial charge in [-0.2, -0.15) is 0 Å². The number of nitrogens with one attached hydrogen (secondary N) is 2. The van der Waals surface area contributed by atoms with Crippen LogP contribution in [0.1, 0.15) is 5.56 Å². The Morgan fingerprint density at radius 1 is 0.864 bits per heavy atom. The lowest BCUT2D eigenvalue weighted by atomic mass is 10.2. The van der Waals surface area contributed by atoms with E-state index in [1.54, 1.807) is 0 Å². The third kappa shape index (κ3) is 3.55. The van der Waals surface area contributed by atoms with Gasteiger partial charge in [0.1, 0.15) is 0 Å². The average molecular weight is 291 g/mol. The number of benzene rings is 2. The van der Waals surface area contributed by atoms with Gasteiger partial charge in [0.25, 0.3) is 0 Å². The lowest BCUT2D eigenvalue weighted by Crippen LogP contribution is -2.28. The quantitative estimate of drug-likeness (QED) is 0.754. The van der Waals surface area contributed by atoms with Crippen LogP contribution in [0.5, 0.6) is 0 Å². The number of hydrogen-bond donors (Lipinski definition) is 2. The zero-order valence-electron chi connectivity index (χ0n) is 12.1. The summed E-state index contributed by atoms with van der Waals surface area (Å²) in [4.78, 5) is 11.9. The average Bonchev–Trinajstić information content (AvgIpc) is 3.09. The van der Waals surface area contributed by atoms with E-state index in [0.717, 1.165) is 16.9 Å². The van der Waals surface area contributed by atoms with Crippen LogP contribution in [0.4, 0.5) is 10.5 Å². The van der Waals surface area contributed by atoms with E-state index in [1.165, 1.54) is 0 Å². The number of amides is 2. The lowest BCUT2D eigenvalue weighted by Gasteiger charge is -2.09. The van der Waals surface area contributed by atoms with Gasteiger partial charge in [0.15, 0.2) is 0 Å². The molecule has 4 nitrogen and oxygen atoms in total. The van der Waals surface area contributed by atoms with E-state index in [4.69, 9.17) is 0 Å². The maximum atomic E-state index is 11.9. The highest BCUT2D eigenvalue weighted by atomic mass is 16.2. The minimum Gasteiger partial charge on any atom is -0.334 e. The Morgan fingerprint density at radius 3 is 2.23 bits per heavy atom. The highest BCUT2D eigenvalue weighted by Gasteiger charge is 2.02. The van der Waals surface area contributed by atoms with Crippen molar-refractivity contribution in [3.05, 3.63) is 84.7 Å². The monoisotopic (exact) mass is 291 g/mol. The third-order valence-electron chi connectivity index (χ3n) is 3.32. The first-order valence-electron chi connectivity index (χ1n) is 7.13. The standard InChI is InChI=1S/C18H17N3O/c22-18(19-14-15-6-2-1-3-7-15)20-16-8-10-17(11-9-16)21-12-4-5-13-21/h1-13H,14H2,(H2,19,20,22). The first kappa shape index (κ1) is 13.9. The van der Waals surface area contributed by atoms with E-state index in [-0.39, 0.29) is 6.03 Å². The number of nitrogens with zero attached hydrogens (tertiary/aromatic N) is 1. The normalized spacial score (nSPS) is 10.2. The molecule has 0 aliphatic rings. The van der Waals surface area contributed by atoms with Gasteiger partial charge in [-0.05, 0) is 42.0 Å². The summed E-state index contributed by atoms with van der Waals surface area (Å²) in [6.07, 6.45) is 3.96. The summed E-state index contributed by atoms with van der Waals surface area (Å²) in [5.74, 6) is 0. The summed E-state index contributed by atoms with van der Waals surface area (Å²) in [5.41, 5.74) is 2.89. The molecule has 0 atom stereocenters. The van der Waals surface area contributed by atoms with Crippen LogP contribution in [-0.2, 0) is 6.54 Å². The second-order valence-corrected chi connectivity index (χ2v) is 4.93. The van der Waals surface area contributed by atoms with Crippen LogP contribution in [-0.4, -0.2) is 10.6 Å². The second-order valence-electron chi connectivity index (χ2n) is 4.93. The Hall–Kier alpha value is -3.01. The van der Waals surface area contributed by atoms with Gasteiger partial charge in [-0.15, -0.1) is 0 Å².